The van der Waals surface area contributed by atoms with Gasteiger partial charge in [0.2, 0.25) is 0 Å². The Kier molecular flexibility index (Phi) is 5.31. The van der Waals surface area contributed by atoms with Gasteiger partial charge in [0.1, 0.15) is 5.01 Å². The second-order valence-corrected chi connectivity index (χ2v) is 6.85. The predicted molar refractivity (Wildman–Crippen MR) is 84.9 cm³/mol. The van der Waals surface area contributed by atoms with Crippen LogP contribution in [0.4, 0.5) is 0 Å². The minimum Gasteiger partial charge on any atom is -0.469 e. The minimum absolute atomic E-state index is 0.171. The van der Waals surface area contributed by atoms with Crippen molar-refractivity contribution in [1.82, 2.24) is 4.98 Å². The Morgan fingerprint density at radius 1 is 1.35 bits per heavy atom. The van der Waals surface area contributed by atoms with Gasteiger partial charge in [-0.15, -0.1) is 11.3 Å². The van der Waals surface area contributed by atoms with E-state index < -0.39 is 0 Å². The molecule has 3 nitrogen and oxygen atoms in total. The third-order valence-electron chi connectivity index (χ3n) is 2.97. The molecule has 2 aromatic rings. The fourth-order valence-electron chi connectivity index (χ4n) is 1.81. The summed E-state index contributed by atoms with van der Waals surface area (Å²) in [6, 6.07) is 8.33. The molecule has 0 spiro atoms. The van der Waals surface area contributed by atoms with Crippen LogP contribution >= 0.6 is 27.3 Å². The molecule has 20 heavy (non-hydrogen) atoms. The largest absolute Gasteiger partial charge is 0.469 e. The summed E-state index contributed by atoms with van der Waals surface area (Å²) in [5.41, 5.74) is 3.37. The van der Waals surface area contributed by atoms with Crippen LogP contribution in [0.5, 0.6) is 0 Å². The van der Waals surface area contributed by atoms with E-state index in [4.69, 9.17) is 0 Å². The molecule has 0 saturated heterocycles. The van der Waals surface area contributed by atoms with Crippen LogP contribution in [0.25, 0.3) is 10.6 Å². The average molecular weight is 354 g/mol. The quantitative estimate of drug-likeness (QED) is 0.748. The number of aromatic nitrogens is 1. The van der Waals surface area contributed by atoms with E-state index in [0.717, 1.165) is 32.9 Å². The number of aryl methyl sites for hydroxylation is 2. The summed E-state index contributed by atoms with van der Waals surface area (Å²) >= 11 is 5.18. The van der Waals surface area contributed by atoms with Crippen LogP contribution in [-0.4, -0.2) is 18.1 Å². The van der Waals surface area contributed by atoms with Gasteiger partial charge in [-0.05, 0) is 35.7 Å². The van der Waals surface area contributed by atoms with Gasteiger partial charge in [-0.2, -0.15) is 0 Å². The Labute approximate surface area is 131 Å². The molecule has 0 saturated carbocycles. The molecule has 2 rings (SSSR count). The lowest BCUT2D eigenvalue weighted by Gasteiger charge is -1.98. The van der Waals surface area contributed by atoms with Gasteiger partial charge in [0.25, 0.3) is 0 Å². The lowest BCUT2D eigenvalue weighted by molar-refractivity contribution is -0.140. The first-order valence-electron chi connectivity index (χ1n) is 6.39. The van der Waals surface area contributed by atoms with Gasteiger partial charge >= 0.3 is 5.97 Å². The van der Waals surface area contributed by atoms with Gasteiger partial charge in [-0.25, -0.2) is 4.98 Å². The molecular formula is C15H16BrNO2S. The molecule has 1 heterocycles. The van der Waals surface area contributed by atoms with Gasteiger partial charge < -0.3 is 4.74 Å². The van der Waals surface area contributed by atoms with E-state index in [9.17, 15) is 4.79 Å². The Hall–Kier alpha value is -1.20. The van der Waals surface area contributed by atoms with Gasteiger partial charge in [0.15, 0.2) is 0 Å². The van der Waals surface area contributed by atoms with Crippen LogP contribution in [0.2, 0.25) is 0 Å². The standard InChI is InChI=1S/C15H16BrNO2S/c1-10-6-8-11(9-7-10)15-17-12(14(16)20-15)4-3-5-13(18)19-2/h6-9H,3-5H2,1-2H3. The Morgan fingerprint density at radius 2 is 2.05 bits per heavy atom. The highest BCUT2D eigenvalue weighted by atomic mass is 79.9. The molecule has 1 aromatic heterocycles. The molecule has 0 aliphatic rings. The number of benzene rings is 1. The molecule has 106 valence electrons. The van der Waals surface area contributed by atoms with Crippen molar-refractivity contribution in [2.24, 2.45) is 0 Å². The van der Waals surface area contributed by atoms with Crippen molar-refractivity contribution in [2.75, 3.05) is 7.11 Å². The molecule has 0 atom stereocenters. The molecule has 1 aromatic carbocycles. The number of nitrogens with zero attached hydrogens (tertiary/aromatic N) is 1. The molecule has 0 aliphatic heterocycles. The SMILES string of the molecule is COC(=O)CCCc1nc(-c2ccc(C)cc2)sc1Br. The maximum absolute atomic E-state index is 11.1. The zero-order valence-electron chi connectivity index (χ0n) is 11.5. The number of ether oxygens (including phenoxy) is 1. The van der Waals surface area contributed by atoms with E-state index in [1.807, 2.05) is 0 Å². The Balaban J connectivity index is 2.05. The maximum Gasteiger partial charge on any atom is 0.305 e. The molecule has 0 bridgehead atoms. The van der Waals surface area contributed by atoms with Crippen LogP contribution in [0.15, 0.2) is 28.1 Å². The topological polar surface area (TPSA) is 39.2 Å². The summed E-state index contributed by atoms with van der Waals surface area (Å²) in [6.45, 7) is 2.07. The zero-order chi connectivity index (χ0) is 14.5. The second kappa shape index (κ2) is 6.99. The van der Waals surface area contributed by atoms with Crippen molar-refractivity contribution in [3.63, 3.8) is 0 Å². The van der Waals surface area contributed by atoms with Crippen LogP contribution in [-0.2, 0) is 16.0 Å². The van der Waals surface area contributed by atoms with E-state index in [0.29, 0.717) is 6.42 Å². The molecule has 0 unspecified atom stereocenters. The van der Waals surface area contributed by atoms with Crippen molar-refractivity contribution < 1.29 is 9.53 Å². The van der Waals surface area contributed by atoms with Crippen molar-refractivity contribution in [3.8, 4) is 10.6 Å². The number of halogens is 1. The highest BCUT2D eigenvalue weighted by molar-refractivity contribution is 9.11. The lowest BCUT2D eigenvalue weighted by atomic mass is 10.1. The van der Waals surface area contributed by atoms with Crippen LogP contribution in [0.3, 0.4) is 0 Å². The van der Waals surface area contributed by atoms with E-state index in [1.54, 1.807) is 11.3 Å². The second-order valence-electron chi connectivity index (χ2n) is 4.54. The van der Waals surface area contributed by atoms with Crippen molar-refractivity contribution in [3.05, 3.63) is 39.3 Å². The fourth-order valence-corrected chi connectivity index (χ4v) is 3.40. The maximum atomic E-state index is 11.1. The van der Waals surface area contributed by atoms with E-state index in [1.165, 1.54) is 12.7 Å². The summed E-state index contributed by atoms with van der Waals surface area (Å²) in [7, 11) is 1.41. The smallest absolute Gasteiger partial charge is 0.305 e. The minimum atomic E-state index is -0.171. The van der Waals surface area contributed by atoms with Gasteiger partial charge in [0, 0.05) is 12.0 Å². The summed E-state index contributed by atoms with van der Waals surface area (Å²) in [5.74, 6) is -0.171. The number of carbonyl (C=O) groups excluding carboxylic acids is 1. The molecule has 0 radical (unpaired) electrons. The van der Waals surface area contributed by atoms with Crippen molar-refractivity contribution >= 4 is 33.2 Å². The summed E-state index contributed by atoms with van der Waals surface area (Å²) in [4.78, 5) is 15.7. The average Bonchev–Trinajstić information content (AvgIpc) is 2.81. The molecule has 0 amide bonds. The molecule has 0 fully saturated rings. The summed E-state index contributed by atoms with van der Waals surface area (Å²) in [6.07, 6.45) is 1.96. The van der Waals surface area contributed by atoms with E-state index in [-0.39, 0.29) is 5.97 Å². The first-order valence-corrected chi connectivity index (χ1v) is 8.00. The number of thiazole rings is 1. The Morgan fingerprint density at radius 3 is 2.70 bits per heavy atom. The predicted octanol–water partition coefficient (Wildman–Crippen LogP) is 4.38. The van der Waals surface area contributed by atoms with Gasteiger partial charge in [0.05, 0.1) is 16.6 Å². The van der Waals surface area contributed by atoms with E-state index in [2.05, 4.69) is 56.8 Å². The van der Waals surface area contributed by atoms with Crippen molar-refractivity contribution in [1.29, 1.82) is 0 Å². The lowest BCUT2D eigenvalue weighted by Crippen LogP contribution is -2.00. The highest BCUT2D eigenvalue weighted by Gasteiger charge is 2.11. The molecular weight excluding hydrogens is 338 g/mol. The number of hydrogen-bond donors (Lipinski definition) is 0. The Bertz CT molecular complexity index is 592. The normalized spacial score (nSPS) is 10.6. The number of methoxy groups -OCH3 is 1. The monoisotopic (exact) mass is 353 g/mol. The van der Waals surface area contributed by atoms with Crippen LogP contribution in [0.1, 0.15) is 24.1 Å². The third kappa shape index (κ3) is 3.90. The highest BCUT2D eigenvalue weighted by Crippen LogP contribution is 2.32. The van der Waals surface area contributed by atoms with Gasteiger partial charge in [-0.3, -0.25) is 4.79 Å². The number of carbonyl (C=O) groups is 1. The fraction of sp³-hybridized carbons (Fsp3) is 0.333. The molecule has 5 heteroatoms. The number of rotatable bonds is 5. The molecule has 0 N–H and O–H groups in total. The number of esters is 1. The summed E-state index contributed by atoms with van der Waals surface area (Å²) in [5, 5.41) is 1.00. The zero-order valence-corrected chi connectivity index (χ0v) is 13.9. The summed E-state index contributed by atoms with van der Waals surface area (Å²) < 4.78 is 5.68. The van der Waals surface area contributed by atoms with Crippen LogP contribution < -0.4 is 0 Å². The van der Waals surface area contributed by atoms with Crippen molar-refractivity contribution in [2.45, 2.75) is 26.2 Å². The molecule has 0 aliphatic carbocycles. The first kappa shape index (κ1) is 15.2. The first-order chi connectivity index (χ1) is 9.60. The van der Waals surface area contributed by atoms with E-state index >= 15 is 0 Å². The third-order valence-corrected chi connectivity index (χ3v) is 4.85. The van der Waals surface area contributed by atoms with Gasteiger partial charge in [-0.1, -0.05) is 29.8 Å². The number of hydrogen-bond acceptors (Lipinski definition) is 4. The van der Waals surface area contributed by atoms with Crippen LogP contribution in [0, 0.1) is 6.92 Å².